The summed E-state index contributed by atoms with van der Waals surface area (Å²) in [7, 11) is -16.9. The Balaban J connectivity index is 1.50. The molecule has 0 aromatic carbocycles. The van der Waals surface area contributed by atoms with E-state index in [0.717, 1.165) is 36.2 Å². The van der Waals surface area contributed by atoms with Crippen LogP contribution in [-0.2, 0) is 34.5 Å². The Morgan fingerprint density at radius 3 is 1.80 bits per heavy atom. The summed E-state index contributed by atoms with van der Waals surface area (Å²) in [6, 6.07) is 0. The molecule has 1 N–H and O–H groups in total. The summed E-state index contributed by atoms with van der Waals surface area (Å²) in [5.74, 6) is 0.841. The SMILES string of the molecule is O=S(=O)(NS(=O)(=O)C(F)(F)S(=O)(=O)N1CCCCC1)OC1C2CC3CC(C2)CC1C3. The van der Waals surface area contributed by atoms with Gasteiger partial charge in [0.25, 0.3) is 10.0 Å². The fourth-order valence-electron chi connectivity index (χ4n) is 5.78. The van der Waals surface area contributed by atoms with E-state index in [9.17, 15) is 34.0 Å². The molecule has 4 saturated carbocycles. The van der Waals surface area contributed by atoms with Crippen molar-refractivity contribution >= 4 is 30.4 Å². The van der Waals surface area contributed by atoms with Crippen LogP contribution in [0.1, 0.15) is 51.4 Å². The van der Waals surface area contributed by atoms with Gasteiger partial charge in [0, 0.05) is 13.1 Å². The second-order valence-corrected chi connectivity index (χ2v) is 14.5. The van der Waals surface area contributed by atoms with Crippen LogP contribution in [-0.4, -0.2) is 53.3 Å². The van der Waals surface area contributed by atoms with Gasteiger partial charge in [0.2, 0.25) is 0 Å². The first-order valence-electron chi connectivity index (χ1n) is 10.2. The number of sulfonamides is 2. The molecule has 0 spiro atoms. The van der Waals surface area contributed by atoms with Gasteiger partial charge in [-0.1, -0.05) is 10.5 Å². The van der Waals surface area contributed by atoms with Crippen LogP contribution < -0.4 is 4.13 Å². The van der Waals surface area contributed by atoms with Crippen molar-refractivity contribution in [2.75, 3.05) is 13.1 Å². The average Bonchev–Trinajstić information content (AvgIpc) is 2.63. The first-order chi connectivity index (χ1) is 13.8. The van der Waals surface area contributed by atoms with Gasteiger partial charge < -0.3 is 0 Å². The van der Waals surface area contributed by atoms with Crippen LogP contribution in [0.5, 0.6) is 0 Å². The first-order valence-corrected chi connectivity index (χ1v) is 14.5. The van der Waals surface area contributed by atoms with E-state index >= 15 is 0 Å². The molecule has 0 radical (unpaired) electrons. The first kappa shape index (κ1) is 22.8. The molecule has 1 heterocycles. The van der Waals surface area contributed by atoms with Crippen molar-refractivity contribution < 1.29 is 38.2 Å². The zero-order valence-corrected chi connectivity index (χ0v) is 18.7. The Bertz CT molecular complexity index is 964. The van der Waals surface area contributed by atoms with Crippen LogP contribution in [0.4, 0.5) is 8.78 Å². The molecule has 14 heteroatoms. The second-order valence-electron chi connectivity index (χ2n) is 8.96. The third-order valence-electron chi connectivity index (χ3n) is 6.86. The van der Waals surface area contributed by atoms with Gasteiger partial charge in [-0.25, -0.2) is 16.8 Å². The van der Waals surface area contributed by atoms with E-state index in [1.807, 2.05) is 0 Å². The topological polar surface area (TPSA) is 127 Å². The molecule has 5 rings (SSSR count). The lowest BCUT2D eigenvalue weighted by Crippen LogP contribution is -2.55. The fourth-order valence-corrected chi connectivity index (χ4v) is 10.8. The summed E-state index contributed by atoms with van der Waals surface area (Å²) in [6.07, 6.45) is 4.64. The van der Waals surface area contributed by atoms with Gasteiger partial charge in [-0.05, 0) is 68.6 Å². The van der Waals surface area contributed by atoms with Crippen molar-refractivity contribution in [3.8, 4) is 0 Å². The van der Waals surface area contributed by atoms with E-state index in [4.69, 9.17) is 4.18 Å². The maximum Gasteiger partial charge on any atom is 0.474 e. The molecule has 4 aliphatic carbocycles. The quantitative estimate of drug-likeness (QED) is 0.568. The number of piperidine rings is 1. The summed E-state index contributed by atoms with van der Waals surface area (Å²) >= 11 is 0. The zero-order valence-electron chi connectivity index (χ0n) is 16.2. The highest BCUT2D eigenvalue weighted by Gasteiger charge is 2.62. The zero-order chi connectivity index (χ0) is 21.9. The predicted octanol–water partition coefficient (Wildman–Crippen LogP) is 1.36. The molecule has 0 unspecified atom stereocenters. The van der Waals surface area contributed by atoms with E-state index < -0.39 is 41.0 Å². The van der Waals surface area contributed by atoms with Crippen LogP contribution in [0, 0.1) is 23.7 Å². The molecule has 30 heavy (non-hydrogen) atoms. The van der Waals surface area contributed by atoms with Crippen LogP contribution in [0.2, 0.25) is 0 Å². The van der Waals surface area contributed by atoms with Gasteiger partial charge in [0.1, 0.15) is 0 Å². The Kier molecular flexibility index (Phi) is 5.75. The number of hydrogen-bond acceptors (Lipinski definition) is 7. The average molecular weight is 493 g/mol. The minimum Gasteiger partial charge on any atom is -0.253 e. The van der Waals surface area contributed by atoms with E-state index in [0.29, 0.717) is 35.4 Å². The molecule has 0 aromatic rings. The Morgan fingerprint density at radius 1 is 0.800 bits per heavy atom. The molecule has 4 bridgehead atoms. The van der Waals surface area contributed by atoms with E-state index in [1.165, 1.54) is 0 Å². The monoisotopic (exact) mass is 492 g/mol. The van der Waals surface area contributed by atoms with Gasteiger partial charge in [-0.15, -0.1) is 0 Å². The minimum atomic E-state index is -6.13. The lowest BCUT2D eigenvalue weighted by atomic mass is 9.55. The van der Waals surface area contributed by atoms with Crippen LogP contribution in [0.3, 0.4) is 0 Å². The molecule has 5 aliphatic rings. The van der Waals surface area contributed by atoms with E-state index in [-0.39, 0.29) is 24.9 Å². The maximum absolute atomic E-state index is 14.6. The van der Waals surface area contributed by atoms with Crippen LogP contribution in [0.25, 0.3) is 0 Å². The smallest absolute Gasteiger partial charge is 0.253 e. The second kappa shape index (κ2) is 7.58. The lowest BCUT2D eigenvalue weighted by molar-refractivity contribution is -0.0766. The highest BCUT2D eigenvalue weighted by Crippen LogP contribution is 2.55. The molecular weight excluding hydrogens is 466 g/mol. The molecule has 0 atom stereocenters. The normalized spacial score (nSPS) is 35.6. The summed E-state index contributed by atoms with van der Waals surface area (Å²) < 4.78 is 104. The van der Waals surface area contributed by atoms with Crippen molar-refractivity contribution in [3.05, 3.63) is 0 Å². The highest BCUT2D eigenvalue weighted by molar-refractivity contribution is 8.12. The molecule has 1 saturated heterocycles. The summed E-state index contributed by atoms with van der Waals surface area (Å²) in [5, 5.41) is 0. The number of nitrogens with zero attached hydrogens (tertiary/aromatic N) is 1. The van der Waals surface area contributed by atoms with Crippen LogP contribution in [0.15, 0.2) is 0 Å². The van der Waals surface area contributed by atoms with Gasteiger partial charge in [0.05, 0.1) is 6.10 Å². The molecule has 0 amide bonds. The molecule has 9 nitrogen and oxygen atoms in total. The number of rotatable bonds is 7. The number of hydrogen-bond donors (Lipinski definition) is 1. The van der Waals surface area contributed by atoms with Gasteiger partial charge in [-0.3, -0.25) is 4.18 Å². The van der Waals surface area contributed by atoms with Gasteiger partial charge in [-0.2, -0.15) is 21.5 Å². The van der Waals surface area contributed by atoms with Crippen molar-refractivity contribution in [2.45, 2.75) is 62.1 Å². The highest BCUT2D eigenvalue weighted by atomic mass is 32.3. The van der Waals surface area contributed by atoms with Gasteiger partial charge >= 0.3 is 24.9 Å². The summed E-state index contributed by atoms with van der Waals surface area (Å²) in [5.41, 5.74) is 0. The van der Waals surface area contributed by atoms with Gasteiger partial charge in [0.15, 0.2) is 0 Å². The standard InChI is InChI=1S/C16H26F2N2O7S3/c17-16(18,29(23,24)20-4-2-1-3-5-20)28(21,22)19-30(25,26)27-15-13-7-11-6-12(9-13)10-14(15)8-11/h11-15,19H,1-10H2. The number of halogens is 2. The molecule has 174 valence electrons. The van der Waals surface area contributed by atoms with Crippen LogP contribution >= 0.6 is 0 Å². The van der Waals surface area contributed by atoms with Crippen molar-refractivity contribution in [2.24, 2.45) is 23.7 Å². The fraction of sp³-hybridized carbons (Fsp3) is 1.00. The Morgan fingerprint density at radius 2 is 1.30 bits per heavy atom. The maximum atomic E-state index is 14.6. The van der Waals surface area contributed by atoms with E-state index in [2.05, 4.69) is 0 Å². The van der Waals surface area contributed by atoms with Crippen molar-refractivity contribution in [1.82, 2.24) is 8.43 Å². The predicted molar refractivity (Wildman–Crippen MR) is 102 cm³/mol. The minimum absolute atomic E-state index is 0.0712. The third-order valence-corrected chi connectivity index (χ3v) is 12.6. The van der Waals surface area contributed by atoms with Crippen molar-refractivity contribution in [1.29, 1.82) is 0 Å². The van der Waals surface area contributed by atoms with E-state index in [1.54, 1.807) is 0 Å². The van der Waals surface area contributed by atoms with Crippen molar-refractivity contribution in [3.63, 3.8) is 0 Å². The number of nitrogens with one attached hydrogen (secondary N) is 1. The Hall–Kier alpha value is -0.410. The third kappa shape index (κ3) is 3.91. The summed E-state index contributed by atoms with van der Waals surface area (Å²) in [4.78, 5) is 0. The molecule has 1 aliphatic heterocycles. The molecular formula is C16H26F2N2O7S3. The molecule has 5 fully saturated rings. The summed E-state index contributed by atoms with van der Waals surface area (Å²) in [6.45, 7) is -0.491. The lowest BCUT2D eigenvalue weighted by Gasteiger charge is -2.53. The number of alkyl halides is 2. The largest absolute Gasteiger partial charge is 0.474 e. The molecule has 0 aromatic heterocycles. The Labute approximate surface area is 175 Å².